The van der Waals surface area contributed by atoms with E-state index in [1.165, 1.54) is 6.07 Å². The second kappa shape index (κ2) is 3.96. The van der Waals surface area contributed by atoms with Crippen molar-refractivity contribution in [1.29, 1.82) is 0 Å². The lowest BCUT2D eigenvalue weighted by atomic mass is 10.2. The fourth-order valence-corrected chi connectivity index (χ4v) is 2.08. The molecule has 0 saturated carbocycles. The zero-order chi connectivity index (χ0) is 9.97. The lowest BCUT2D eigenvalue weighted by molar-refractivity contribution is 0.606. The Morgan fingerprint density at radius 3 is 2.93 bits per heavy atom. The minimum Gasteiger partial charge on any atom is -0.365 e. The molecule has 2 N–H and O–H groups in total. The Kier molecular flexibility index (Phi) is 2.68. The van der Waals surface area contributed by atoms with Crippen molar-refractivity contribution >= 4 is 5.69 Å². The highest BCUT2D eigenvalue weighted by Gasteiger charge is 2.24. The quantitative estimate of drug-likeness (QED) is 0.777. The van der Waals surface area contributed by atoms with Crippen LogP contribution in [-0.4, -0.2) is 19.1 Å². The SMILES string of the molecule is NC[C@H]1CCCN1c1ccccc1F. The van der Waals surface area contributed by atoms with Gasteiger partial charge in [-0.05, 0) is 25.0 Å². The molecule has 0 aliphatic carbocycles. The van der Waals surface area contributed by atoms with E-state index in [-0.39, 0.29) is 5.82 Å². The molecule has 3 heteroatoms. The normalized spacial score (nSPS) is 21.6. The number of anilines is 1. The Morgan fingerprint density at radius 1 is 1.43 bits per heavy atom. The van der Waals surface area contributed by atoms with Gasteiger partial charge in [0.1, 0.15) is 5.82 Å². The van der Waals surface area contributed by atoms with E-state index in [0.29, 0.717) is 18.3 Å². The predicted molar refractivity (Wildman–Crippen MR) is 55.8 cm³/mol. The number of para-hydroxylation sites is 1. The van der Waals surface area contributed by atoms with E-state index in [1.807, 2.05) is 12.1 Å². The van der Waals surface area contributed by atoms with Gasteiger partial charge in [-0.1, -0.05) is 12.1 Å². The van der Waals surface area contributed by atoms with Gasteiger partial charge in [-0.3, -0.25) is 0 Å². The Morgan fingerprint density at radius 2 is 2.21 bits per heavy atom. The van der Waals surface area contributed by atoms with Crippen LogP contribution in [0.4, 0.5) is 10.1 Å². The van der Waals surface area contributed by atoms with Crippen LogP contribution in [-0.2, 0) is 0 Å². The van der Waals surface area contributed by atoms with Crippen molar-refractivity contribution in [3.05, 3.63) is 30.1 Å². The van der Waals surface area contributed by atoms with E-state index in [1.54, 1.807) is 6.07 Å². The summed E-state index contributed by atoms with van der Waals surface area (Å²) in [6, 6.07) is 7.22. The molecular weight excluding hydrogens is 179 g/mol. The maximum atomic E-state index is 13.5. The molecule has 2 rings (SSSR count). The largest absolute Gasteiger partial charge is 0.365 e. The average molecular weight is 194 g/mol. The van der Waals surface area contributed by atoms with Crippen LogP contribution in [0, 0.1) is 5.82 Å². The van der Waals surface area contributed by atoms with Crippen molar-refractivity contribution in [3.63, 3.8) is 0 Å². The maximum Gasteiger partial charge on any atom is 0.146 e. The molecule has 1 saturated heterocycles. The van der Waals surface area contributed by atoms with E-state index in [0.717, 1.165) is 19.4 Å². The van der Waals surface area contributed by atoms with Gasteiger partial charge in [0.25, 0.3) is 0 Å². The van der Waals surface area contributed by atoms with Gasteiger partial charge in [0.2, 0.25) is 0 Å². The number of rotatable bonds is 2. The van der Waals surface area contributed by atoms with E-state index < -0.39 is 0 Å². The molecule has 1 aliphatic rings. The van der Waals surface area contributed by atoms with Crippen LogP contribution in [0.2, 0.25) is 0 Å². The van der Waals surface area contributed by atoms with Crippen LogP contribution in [0.5, 0.6) is 0 Å². The highest BCUT2D eigenvalue weighted by molar-refractivity contribution is 5.49. The molecule has 1 fully saturated rings. The van der Waals surface area contributed by atoms with Gasteiger partial charge in [-0.15, -0.1) is 0 Å². The zero-order valence-corrected chi connectivity index (χ0v) is 8.12. The monoisotopic (exact) mass is 194 g/mol. The van der Waals surface area contributed by atoms with Gasteiger partial charge in [0.15, 0.2) is 0 Å². The Labute approximate surface area is 83.5 Å². The van der Waals surface area contributed by atoms with Crippen LogP contribution in [0.1, 0.15) is 12.8 Å². The van der Waals surface area contributed by atoms with Crippen molar-refractivity contribution in [1.82, 2.24) is 0 Å². The molecule has 0 amide bonds. The number of halogens is 1. The van der Waals surface area contributed by atoms with Crippen LogP contribution in [0.15, 0.2) is 24.3 Å². The summed E-state index contributed by atoms with van der Waals surface area (Å²) < 4.78 is 13.5. The van der Waals surface area contributed by atoms with Gasteiger partial charge < -0.3 is 10.6 Å². The first kappa shape index (κ1) is 9.46. The molecule has 0 spiro atoms. The minimum atomic E-state index is -0.146. The van der Waals surface area contributed by atoms with Crippen LogP contribution >= 0.6 is 0 Å². The van der Waals surface area contributed by atoms with Gasteiger partial charge in [0.05, 0.1) is 5.69 Å². The summed E-state index contributed by atoms with van der Waals surface area (Å²) in [6.45, 7) is 1.52. The molecule has 1 aromatic carbocycles. The van der Waals surface area contributed by atoms with Crippen LogP contribution in [0.3, 0.4) is 0 Å². The van der Waals surface area contributed by atoms with Crippen LogP contribution < -0.4 is 10.6 Å². The summed E-state index contributed by atoms with van der Waals surface area (Å²) in [6.07, 6.45) is 2.18. The number of hydrogen-bond acceptors (Lipinski definition) is 2. The Hall–Kier alpha value is -1.09. The topological polar surface area (TPSA) is 29.3 Å². The summed E-state index contributed by atoms with van der Waals surface area (Å²) >= 11 is 0. The molecule has 1 aromatic rings. The third kappa shape index (κ3) is 1.60. The lowest BCUT2D eigenvalue weighted by Gasteiger charge is -2.25. The third-order valence-electron chi connectivity index (χ3n) is 2.81. The standard InChI is InChI=1S/C11H15FN2/c12-10-5-1-2-6-11(10)14-7-3-4-9(14)8-13/h1-2,5-6,9H,3-4,7-8,13H2/t9-/m1/s1. The Balaban J connectivity index is 2.26. The minimum absolute atomic E-state index is 0.146. The zero-order valence-electron chi connectivity index (χ0n) is 8.12. The molecule has 1 atom stereocenters. The van der Waals surface area contributed by atoms with Crippen molar-refractivity contribution in [2.24, 2.45) is 5.73 Å². The first-order valence-electron chi connectivity index (χ1n) is 5.04. The summed E-state index contributed by atoms with van der Waals surface area (Å²) in [5.41, 5.74) is 6.34. The lowest BCUT2D eigenvalue weighted by Crippen LogP contribution is -2.35. The van der Waals surface area contributed by atoms with Crippen molar-refractivity contribution in [2.45, 2.75) is 18.9 Å². The molecule has 1 aliphatic heterocycles. The average Bonchev–Trinajstić information content (AvgIpc) is 2.66. The van der Waals surface area contributed by atoms with Gasteiger partial charge in [0, 0.05) is 19.1 Å². The van der Waals surface area contributed by atoms with E-state index in [2.05, 4.69) is 4.90 Å². The van der Waals surface area contributed by atoms with E-state index >= 15 is 0 Å². The summed E-state index contributed by atoms with van der Waals surface area (Å²) in [5.74, 6) is -0.146. The predicted octanol–water partition coefficient (Wildman–Crippen LogP) is 1.75. The summed E-state index contributed by atoms with van der Waals surface area (Å²) in [4.78, 5) is 2.08. The first-order chi connectivity index (χ1) is 6.83. The first-order valence-corrected chi connectivity index (χ1v) is 5.04. The second-order valence-electron chi connectivity index (χ2n) is 3.68. The van der Waals surface area contributed by atoms with Crippen LogP contribution in [0.25, 0.3) is 0 Å². The number of nitrogens with zero attached hydrogens (tertiary/aromatic N) is 1. The Bertz CT molecular complexity index is 314. The van der Waals surface area contributed by atoms with E-state index in [9.17, 15) is 4.39 Å². The van der Waals surface area contributed by atoms with Crippen molar-refractivity contribution in [3.8, 4) is 0 Å². The molecule has 2 nitrogen and oxygen atoms in total. The fourth-order valence-electron chi connectivity index (χ4n) is 2.08. The molecule has 14 heavy (non-hydrogen) atoms. The second-order valence-corrected chi connectivity index (χ2v) is 3.68. The van der Waals surface area contributed by atoms with Gasteiger partial charge in [-0.2, -0.15) is 0 Å². The highest BCUT2D eigenvalue weighted by Crippen LogP contribution is 2.26. The van der Waals surface area contributed by atoms with Gasteiger partial charge in [-0.25, -0.2) is 4.39 Å². The molecule has 0 bridgehead atoms. The maximum absolute atomic E-state index is 13.5. The highest BCUT2D eigenvalue weighted by atomic mass is 19.1. The molecular formula is C11H15FN2. The molecule has 0 aromatic heterocycles. The molecule has 0 unspecified atom stereocenters. The smallest absolute Gasteiger partial charge is 0.146 e. The van der Waals surface area contributed by atoms with Crippen molar-refractivity contribution < 1.29 is 4.39 Å². The van der Waals surface area contributed by atoms with Crippen molar-refractivity contribution in [2.75, 3.05) is 18.0 Å². The number of nitrogens with two attached hydrogens (primary N) is 1. The molecule has 76 valence electrons. The summed E-state index contributed by atoms with van der Waals surface area (Å²) in [7, 11) is 0. The van der Waals surface area contributed by atoms with E-state index in [4.69, 9.17) is 5.73 Å². The molecule has 0 radical (unpaired) electrons. The third-order valence-corrected chi connectivity index (χ3v) is 2.81. The van der Waals surface area contributed by atoms with Gasteiger partial charge >= 0.3 is 0 Å². The molecule has 1 heterocycles. The number of benzene rings is 1. The fraction of sp³-hybridized carbons (Fsp3) is 0.455. The number of hydrogen-bond donors (Lipinski definition) is 1. The summed E-state index contributed by atoms with van der Waals surface area (Å²) in [5, 5.41) is 0.